The van der Waals surface area contributed by atoms with E-state index in [2.05, 4.69) is 32.9 Å². The second-order valence-electron chi connectivity index (χ2n) is 7.48. The van der Waals surface area contributed by atoms with Gasteiger partial charge in [0.1, 0.15) is 0 Å². The lowest BCUT2D eigenvalue weighted by Gasteiger charge is -2.18. The van der Waals surface area contributed by atoms with Crippen LogP contribution >= 0.6 is 0 Å². The zero-order chi connectivity index (χ0) is 19.0. The number of Topliss-reactive ketones (excluding diaryl/α,β-unsaturated/α-hetero) is 2. The topological polar surface area (TPSA) is 34.1 Å². The van der Waals surface area contributed by atoms with E-state index < -0.39 is 0 Å². The van der Waals surface area contributed by atoms with Crippen LogP contribution in [0.2, 0.25) is 0 Å². The maximum Gasteiger partial charge on any atom is 0.185 e. The molecule has 0 spiro atoms. The molecule has 0 saturated carbocycles. The van der Waals surface area contributed by atoms with Crippen molar-refractivity contribution in [2.75, 3.05) is 0 Å². The molecule has 0 saturated heterocycles. The van der Waals surface area contributed by atoms with Gasteiger partial charge in [0.15, 0.2) is 11.6 Å². The minimum absolute atomic E-state index is 0.0435. The molecule has 2 heteroatoms. The van der Waals surface area contributed by atoms with E-state index in [0.717, 1.165) is 50.5 Å². The highest BCUT2D eigenvalue weighted by Gasteiger charge is 2.26. The third-order valence-electron chi connectivity index (χ3n) is 5.03. The summed E-state index contributed by atoms with van der Waals surface area (Å²) in [6.07, 6.45) is 11.9. The van der Waals surface area contributed by atoms with Crippen LogP contribution in [0.25, 0.3) is 0 Å². The third kappa shape index (κ3) is 6.61. The van der Waals surface area contributed by atoms with Crippen LogP contribution in [0, 0.1) is 0 Å². The van der Waals surface area contributed by atoms with Gasteiger partial charge in [-0.3, -0.25) is 9.59 Å². The number of carbonyl (C=O) groups excluding carboxylic acids is 2. The molecular weight excluding hydrogens is 308 g/mol. The van der Waals surface area contributed by atoms with Crippen LogP contribution in [0.4, 0.5) is 0 Å². The van der Waals surface area contributed by atoms with E-state index >= 15 is 0 Å². The van der Waals surface area contributed by atoms with Crippen LogP contribution in [0.5, 0.6) is 0 Å². The van der Waals surface area contributed by atoms with E-state index in [1.807, 2.05) is 0 Å². The quantitative estimate of drug-likeness (QED) is 0.275. The van der Waals surface area contributed by atoms with Crippen molar-refractivity contribution in [1.29, 1.82) is 0 Å². The van der Waals surface area contributed by atoms with Gasteiger partial charge < -0.3 is 0 Å². The lowest BCUT2D eigenvalue weighted by Crippen LogP contribution is -2.20. The Morgan fingerprint density at radius 1 is 0.760 bits per heavy atom. The SMILES string of the molecule is CC(C)=CCC/C(C)=C/CCCCCC1=C(C)C(=O)C(C)=C(C)C1=O. The molecule has 0 N–H and O–H groups in total. The molecule has 0 amide bonds. The molecule has 138 valence electrons. The van der Waals surface area contributed by atoms with Crippen LogP contribution < -0.4 is 0 Å². The molecule has 0 unspecified atom stereocenters. The van der Waals surface area contributed by atoms with Crippen molar-refractivity contribution in [3.8, 4) is 0 Å². The van der Waals surface area contributed by atoms with Crippen molar-refractivity contribution in [3.05, 3.63) is 45.6 Å². The molecule has 25 heavy (non-hydrogen) atoms. The zero-order valence-electron chi connectivity index (χ0n) is 16.9. The summed E-state index contributed by atoms with van der Waals surface area (Å²) in [4.78, 5) is 24.5. The van der Waals surface area contributed by atoms with Crippen LogP contribution in [0.15, 0.2) is 45.6 Å². The first-order valence-corrected chi connectivity index (χ1v) is 9.51. The Balaban J connectivity index is 2.36. The van der Waals surface area contributed by atoms with Gasteiger partial charge in [-0.1, -0.05) is 29.7 Å². The Morgan fingerprint density at radius 3 is 2.04 bits per heavy atom. The highest BCUT2D eigenvalue weighted by molar-refractivity contribution is 6.24. The summed E-state index contributed by atoms with van der Waals surface area (Å²) < 4.78 is 0. The van der Waals surface area contributed by atoms with Gasteiger partial charge in [0, 0.05) is 22.3 Å². The van der Waals surface area contributed by atoms with Gasteiger partial charge in [-0.15, -0.1) is 0 Å². The lowest BCUT2D eigenvalue weighted by molar-refractivity contribution is -0.116. The average molecular weight is 343 g/mol. The molecule has 0 fully saturated rings. The maximum absolute atomic E-state index is 12.4. The summed E-state index contributed by atoms with van der Waals surface area (Å²) in [6, 6.07) is 0. The summed E-state index contributed by atoms with van der Waals surface area (Å²) in [5, 5.41) is 0. The molecule has 0 aromatic carbocycles. The summed E-state index contributed by atoms with van der Waals surface area (Å²) in [7, 11) is 0. The predicted octanol–water partition coefficient (Wildman–Crippen LogP) is 6.43. The monoisotopic (exact) mass is 342 g/mol. The fourth-order valence-corrected chi connectivity index (χ4v) is 3.12. The van der Waals surface area contributed by atoms with E-state index in [9.17, 15) is 9.59 Å². The van der Waals surface area contributed by atoms with E-state index in [1.165, 1.54) is 11.1 Å². The zero-order valence-corrected chi connectivity index (χ0v) is 16.9. The number of ketones is 2. The van der Waals surface area contributed by atoms with Gasteiger partial charge in [-0.2, -0.15) is 0 Å². The molecule has 0 atom stereocenters. The molecule has 0 aliphatic heterocycles. The molecule has 0 aromatic rings. The van der Waals surface area contributed by atoms with E-state index in [0.29, 0.717) is 16.7 Å². The van der Waals surface area contributed by atoms with Crippen molar-refractivity contribution in [1.82, 2.24) is 0 Å². The van der Waals surface area contributed by atoms with Gasteiger partial charge in [0.25, 0.3) is 0 Å². The van der Waals surface area contributed by atoms with Crippen LogP contribution in [-0.2, 0) is 9.59 Å². The Bertz CT molecular complexity index is 635. The number of carbonyl (C=O) groups is 2. The fourth-order valence-electron chi connectivity index (χ4n) is 3.12. The minimum atomic E-state index is 0.0435. The molecular formula is C23H34O2. The summed E-state index contributed by atoms with van der Waals surface area (Å²) in [5.41, 5.74) is 5.47. The van der Waals surface area contributed by atoms with Gasteiger partial charge in [-0.05, 0) is 80.1 Å². The number of allylic oxidation sites excluding steroid dienone is 8. The molecule has 0 aromatic heterocycles. The molecule has 0 heterocycles. The standard InChI is InChI=1S/C23H34O2/c1-16(2)12-11-14-17(3)13-9-7-8-10-15-21-20(6)22(24)18(4)19(5)23(21)25/h12-13H,7-11,14-15H2,1-6H3/b17-13+. The van der Waals surface area contributed by atoms with Crippen LogP contribution in [0.1, 0.15) is 86.5 Å². The van der Waals surface area contributed by atoms with Gasteiger partial charge in [-0.25, -0.2) is 0 Å². The van der Waals surface area contributed by atoms with Crippen molar-refractivity contribution in [2.45, 2.75) is 86.5 Å². The van der Waals surface area contributed by atoms with Crippen molar-refractivity contribution in [2.24, 2.45) is 0 Å². The molecule has 1 aliphatic rings. The Labute approximate surface area is 153 Å². The highest BCUT2D eigenvalue weighted by Crippen LogP contribution is 2.27. The predicted molar refractivity (Wildman–Crippen MR) is 107 cm³/mol. The largest absolute Gasteiger partial charge is 0.289 e. The molecule has 1 rings (SSSR count). The first kappa shape index (κ1) is 21.3. The summed E-state index contributed by atoms with van der Waals surface area (Å²) >= 11 is 0. The Morgan fingerprint density at radius 2 is 1.40 bits per heavy atom. The Hall–Kier alpha value is -1.70. The number of unbranched alkanes of at least 4 members (excludes halogenated alkanes) is 3. The Kier molecular flexibility index (Phi) is 8.82. The molecule has 2 nitrogen and oxygen atoms in total. The number of hydrogen-bond acceptors (Lipinski definition) is 2. The average Bonchev–Trinajstić information content (AvgIpc) is 2.56. The van der Waals surface area contributed by atoms with E-state index in [-0.39, 0.29) is 11.6 Å². The van der Waals surface area contributed by atoms with Gasteiger partial charge >= 0.3 is 0 Å². The minimum Gasteiger partial charge on any atom is -0.289 e. The lowest BCUT2D eigenvalue weighted by atomic mass is 9.84. The summed E-state index contributed by atoms with van der Waals surface area (Å²) in [6.45, 7) is 11.8. The van der Waals surface area contributed by atoms with Crippen molar-refractivity contribution in [3.63, 3.8) is 0 Å². The number of hydrogen-bond donors (Lipinski definition) is 0. The van der Waals surface area contributed by atoms with Crippen LogP contribution in [0.3, 0.4) is 0 Å². The summed E-state index contributed by atoms with van der Waals surface area (Å²) in [5.74, 6) is 0.117. The van der Waals surface area contributed by atoms with Crippen molar-refractivity contribution >= 4 is 11.6 Å². The second kappa shape index (κ2) is 10.3. The van der Waals surface area contributed by atoms with E-state index in [4.69, 9.17) is 0 Å². The first-order chi connectivity index (χ1) is 11.8. The number of rotatable bonds is 9. The molecule has 1 aliphatic carbocycles. The van der Waals surface area contributed by atoms with E-state index in [1.54, 1.807) is 20.8 Å². The van der Waals surface area contributed by atoms with Gasteiger partial charge in [0.2, 0.25) is 0 Å². The van der Waals surface area contributed by atoms with Crippen LogP contribution in [-0.4, -0.2) is 11.6 Å². The fraction of sp³-hybridized carbons (Fsp3) is 0.565. The van der Waals surface area contributed by atoms with Crippen molar-refractivity contribution < 1.29 is 9.59 Å². The molecule has 0 bridgehead atoms. The third-order valence-corrected chi connectivity index (χ3v) is 5.03. The highest BCUT2D eigenvalue weighted by atomic mass is 16.1. The van der Waals surface area contributed by atoms with Gasteiger partial charge in [0.05, 0.1) is 0 Å². The normalized spacial score (nSPS) is 16.0. The molecule has 0 radical (unpaired) electrons. The smallest absolute Gasteiger partial charge is 0.185 e. The first-order valence-electron chi connectivity index (χ1n) is 9.51. The maximum atomic E-state index is 12.4. The second-order valence-corrected chi connectivity index (χ2v) is 7.48.